The van der Waals surface area contributed by atoms with Crippen molar-refractivity contribution in [3.8, 4) is 0 Å². The molecule has 3 N–H and O–H groups in total. The summed E-state index contributed by atoms with van der Waals surface area (Å²) in [5.74, 6) is -0.987. The van der Waals surface area contributed by atoms with Gasteiger partial charge in [0.25, 0.3) is 21.8 Å². The van der Waals surface area contributed by atoms with Crippen molar-refractivity contribution in [3.63, 3.8) is 0 Å². The molecule has 1 aliphatic heterocycles. The Bertz CT molecular complexity index is 734. The third kappa shape index (κ3) is 3.34. The van der Waals surface area contributed by atoms with Gasteiger partial charge < -0.3 is 11.1 Å². The molecule has 0 saturated heterocycles. The van der Waals surface area contributed by atoms with Crippen molar-refractivity contribution in [2.75, 3.05) is 6.54 Å². The summed E-state index contributed by atoms with van der Waals surface area (Å²) in [7, 11) is -3.91. The van der Waals surface area contributed by atoms with Crippen LogP contribution in [0.1, 0.15) is 41.5 Å². The van der Waals surface area contributed by atoms with E-state index in [9.17, 15) is 18.0 Å². The Kier molecular flexibility index (Phi) is 5.79. The highest BCUT2D eigenvalue weighted by molar-refractivity contribution is 7.90. The minimum atomic E-state index is -3.91. The molecule has 23 heavy (non-hydrogen) atoms. The SMILES string of the molecule is CC(C)N1C(=O)c2ccc(C(=O)N[C@@H](C)CN)cc2S1(=O)=O.Cl. The zero-order chi connectivity index (χ0) is 16.7. The number of nitrogens with one attached hydrogen (secondary N) is 1. The van der Waals surface area contributed by atoms with Crippen molar-refractivity contribution >= 4 is 34.2 Å². The summed E-state index contributed by atoms with van der Waals surface area (Å²) >= 11 is 0. The van der Waals surface area contributed by atoms with E-state index in [0.29, 0.717) is 0 Å². The fourth-order valence-electron chi connectivity index (χ4n) is 2.27. The smallest absolute Gasteiger partial charge is 0.269 e. The summed E-state index contributed by atoms with van der Waals surface area (Å²) in [5.41, 5.74) is 5.72. The Morgan fingerprint density at radius 3 is 2.43 bits per heavy atom. The monoisotopic (exact) mass is 361 g/mol. The minimum Gasteiger partial charge on any atom is -0.348 e. The van der Waals surface area contributed by atoms with Crippen LogP contribution >= 0.6 is 12.4 Å². The summed E-state index contributed by atoms with van der Waals surface area (Å²) < 4.78 is 25.7. The van der Waals surface area contributed by atoms with E-state index in [1.54, 1.807) is 20.8 Å². The number of hydrogen-bond acceptors (Lipinski definition) is 5. The first-order valence-electron chi connectivity index (χ1n) is 6.94. The lowest BCUT2D eigenvalue weighted by atomic mass is 10.1. The second kappa shape index (κ2) is 6.86. The van der Waals surface area contributed by atoms with E-state index < -0.39 is 27.9 Å². The van der Waals surface area contributed by atoms with E-state index in [0.717, 1.165) is 4.31 Å². The van der Waals surface area contributed by atoms with Gasteiger partial charge in [0.15, 0.2) is 0 Å². The van der Waals surface area contributed by atoms with E-state index in [-0.39, 0.29) is 41.0 Å². The van der Waals surface area contributed by atoms with Gasteiger partial charge in [-0.1, -0.05) is 0 Å². The van der Waals surface area contributed by atoms with Crippen LogP contribution in [0.5, 0.6) is 0 Å². The molecule has 0 bridgehead atoms. The maximum Gasteiger partial charge on any atom is 0.269 e. The quantitative estimate of drug-likeness (QED) is 0.821. The number of rotatable bonds is 4. The Morgan fingerprint density at radius 1 is 1.30 bits per heavy atom. The normalized spacial score (nSPS) is 16.7. The summed E-state index contributed by atoms with van der Waals surface area (Å²) in [6.07, 6.45) is 0. The van der Waals surface area contributed by atoms with Crippen molar-refractivity contribution in [3.05, 3.63) is 29.3 Å². The van der Waals surface area contributed by atoms with Gasteiger partial charge in [0.05, 0.1) is 5.56 Å². The summed E-state index contributed by atoms with van der Waals surface area (Å²) in [6, 6.07) is 3.34. The molecule has 7 nitrogen and oxygen atoms in total. The summed E-state index contributed by atoms with van der Waals surface area (Å²) in [4.78, 5) is 24.1. The van der Waals surface area contributed by atoms with Crippen LogP contribution in [0.4, 0.5) is 0 Å². The number of carbonyl (C=O) groups is 2. The molecule has 0 aromatic heterocycles. The molecule has 0 fully saturated rings. The number of hydrogen-bond donors (Lipinski definition) is 2. The number of fused-ring (bicyclic) bond motifs is 1. The van der Waals surface area contributed by atoms with Crippen molar-refractivity contribution in [2.45, 2.75) is 37.8 Å². The maximum atomic E-state index is 12.4. The van der Waals surface area contributed by atoms with Gasteiger partial charge in [-0.25, -0.2) is 12.7 Å². The summed E-state index contributed by atoms with van der Waals surface area (Å²) in [5, 5.41) is 2.65. The average molecular weight is 362 g/mol. The van der Waals surface area contributed by atoms with Gasteiger partial charge in [0, 0.05) is 24.2 Å². The number of nitrogens with two attached hydrogens (primary N) is 1. The molecule has 9 heteroatoms. The molecule has 2 amide bonds. The van der Waals surface area contributed by atoms with Gasteiger partial charge in [0.2, 0.25) is 0 Å². The molecule has 1 atom stereocenters. The third-order valence-corrected chi connectivity index (χ3v) is 5.41. The second-order valence-electron chi connectivity index (χ2n) is 5.52. The fraction of sp³-hybridized carbons (Fsp3) is 0.429. The highest BCUT2D eigenvalue weighted by Crippen LogP contribution is 2.32. The molecule has 1 aromatic carbocycles. The van der Waals surface area contributed by atoms with Crippen LogP contribution in [-0.2, 0) is 10.0 Å². The molecule has 1 heterocycles. The van der Waals surface area contributed by atoms with E-state index in [1.165, 1.54) is 18.2 Å². The zero-order valence-electron chi connectivity index (χ0n) is 13.1. The van der Waals surface area contributed by atoms with E-state index in [1.807, 2.05) is 0 Å². The van der Waals surface area contributed by atoms with Crippen molar-refractivity contribution in [1.82, 2.24) is 9.62 Å². The van der Waals surface area contributed by atoms with Crippen LogP contribution in [0, 0.1) is 0 Å². The molecular weight excluding hydrogens is 342 g/mol. The van der Waals surface area contributed by atoms with Crippen LogP contribution < -0.4 is 11.1 Å². The van der Waals surface area contributed by atoms with Gasteiger partial charge in [-0.3, -0.25) is 9.59 Å². The van der Waals surface area contributed by atoms with Crippen LogP contribution in [0.3, 0.4) is 0 Å². The van der Waals surface area contributed by atoms with Gasteiger partial charge in [0.1, 0.15) is 4.90 Å². The van der Waals surface area contributed by atoms with Crippen LogP contribution in [0.2, 0.25) is 0 Å². The lowest BCUT2D eigenvalue weighted by Crippen LogP contribution is -2.37. The largest absolute Gasteiger partial charge is 0.348 e. The van der Waals surface area contributed by atoms with Crippen molar-refractivity contribution < 1.29 is 18.0 Å². The number of halogens is 1. The highest BCUT2D eigenvalue weighted by atomic mass is 35.5. The van der Waals surface area contributed by atoms with Crippen LogP contribution in [0.25, 0.3) is 0 Å². The lowest BCUT2D eigenvalue weighted by Gasteiger charge is -2.18. The van der Waals surface area contributed by atoms with Crippen LogP contribution in [0.15, 0.2) is 23.1 Å². The topological polar surface area (TPSA) is 110 Å². The summed E-state index contributed by atoms with van der Waals surface area (Å²) in [6.45, 7) is 5.26. The first-order chi connectivity index (χ1) is 10.2. The Balaban J connectivity index is 0.00000264. The van der Waals surface area contributed by atoms with Gasteiger partial charge in [-0.2, -0.15) is 0 Å². The average Bonchev–Trinajstić information content (AvgIpc) is 2.65. The highest BCUT2D eigenvalue weighted by Gasteiger charge is 2.42. The van der Waals surface area contributed by atoms with E-state index in [2.05, 4.69) is 5.32 Å². The Morgan fingerprint density at radius 2 is 1.91 bits per heavy atom. The molecule has 128 valence electrons. The van der Waals surface area contributed by atoms with Crippen molar-refractivity contribution in [1.29, 1.82) is 0 Å². The van der Waals surface area contributed by atoms with Crippen LogP contribution in [-0.4, -0.2) is 43.2 Å². The van der Waals surface area contributed by atoms with E-state index in [4.69, 9.17) is 5.73 Å². The molecule has 1 aliphatic rings. The first kappa shape index (κ1) is 19.4. The molecule has 0 saturated carbocycles. The number of carbonyl (C=O) groups excluding carboxylic acids is 2. The molecule has 1 aromatic rings. The number of benzene rings is 1. The molecule has 0 unspecified atom stereocenters. The Hall–Kier alpha value is -1.64. The fourth-order valence-corrected chi connectivity index (χ4v) is 4.06. The van der Waals surface area contributed by atoms with Gasteiger partial charge in [-0.05, 0) is 39.0 Å². The molecular formula is C14H20ClN3O4S. The first-order valence-corrected chi connectivity index (χ1v) is 8.38. The standard InChI is InChI=1S/C14H19N3O4S.ClH/c1-8(2)17-14(19)11-5-4-10(6-12(11)22(17,20)21)13(18)16-9(3)7-15;/h4-6,8-9H,7,15H2,1-3H3,(H,16,18);1H/t9-;/m0./s1. The number of nitrogens with zero attached hydrogens (tertiary/aromatic N) is 1. The molecule has 0 aliphatic carbocycles. The van der Waals surface area contributed by atoms with Gasteiger partial charge >= 0.3 is 0 Å². The van der Waals surface area contributed by atoms with Gasteiger partial charge in [-0.15, -0.1) is 12.4 Å². The third-order valence-electron chi connectivity index (χ3n) is 3.41. The zero-order valence-corrected chi connectivity index (χ0v) is 14.7. The lowest BCUT2D eigenvalue weighted by molar-refractivity contribution is 0.0845. The Labute approximate surface area is 141 Å². The maximum absolute atomic E-state index is 12.4. The van der Waals surface area contributed by atoms with E-state index >= 15 is 0 Å². The predicted octanol–water partition coefficient (Wildman–Crippen LogP) is 0.738. The second-order valence-corrected chi connectivity index (χ2v) is 7.30. The van der Waals surface area contributed by atoms with Crippen molar-refractivity contribution in [2.24, 2.45) is 5.73 Å². The predicted molar refractivity (Wildman–Crippen MR) is 88.2 cm³/mol. The minimum absolute atomic E-state index is 0. The molecule has 0 radical (unpaired) electrons. The number of sulfonamides is 1. The molecule has 0 spiro atoms. The molecule has 2 rings (SSSR count). The number of amides is 2.